The maximum absolute atomic E-state index is 8.69. The first-order chi connectivity index (χ1) is 9.40. The summed E-state index contributed by atoms with van der Waals surface area (Å²) >= 11 is 0. The Kier molecular flexibility index (Phi) is 5.98. The number of ether oxygens (including phenoxy) is 2. The van der Waals surface area contributed by atoms with Crippen molar-refractivity contribution >= 4 is 0 Å². The highest BCUT2D eigenvalue weighted by molar-refractivity contribution is 5.43. The molecule has 1 aromatic carbocycles. The number of aliphatic hydroxyl groups is 1. The molecule has 0 aromatic heterocycles. The van der Waals surface area contributed by atoms with Crippen LogP contribution in [-0.2, 0) is 6.54 Å². The van der Waals surface area contributed by atoms with E-state index in [9.17, 15) is 0 Å². The molecule has 0 saturated heterocycles. The van der Waals surface area contributed by atoms with Crippen LogP contribution in [0.4, 0.5) is 0 Å². The number of hydrogen-bond acceptors (Lipinski definition) is 4. The summed E-state index contributed by atoms with van der Waals surface area (Å²) in [6, 6.07) is 6.12. The molecule has 1 aromatic rings. The van der Waals surface area contributed by atoms with E-state index < -0.39 is 0 Å². The minimum absolute atomic E-state index is 0.294. The van der Waals surface area contributed by atoms with Gasteiger partial charge < -0.3 is 19.9 Å². The van der Waals surface area contributed by atoms with Crippen LogP contribution in [0.15, 0.2) is 18.2 Å². The second-order valence-electron chi connectivity index (χ2n) is 4.79. The maximum Gasteiger partial charge on any atom is 0.161 e. The Balaban J connectivity index is 1.76. The molecule has 0 bridgehead atoms. The van der Waals surface area contributed by atoms with Crippen LogP contribution in [0.3, 0.4) is 0 Å². The molecule has 4 heteroatoms. The van der Waals surface area contributed by atoms with Crippen LogP contribution in [0.25, 0.3) is 0 Å². The molecule has 0 unspecified atom stereocenters. The van der Waals surface area contributed by atoms with Crippen molar-refractivity contribution in [2.45, 2.75) is 32.2 Å². The summed E-state index contributed by atoms with van der Waals surface area (Å²) in [7, 11) is 0. The van der Waals surface area contributed by atoms with E-state index in [4.69, 9.17) is 14.6 Å². The predicted molar refractivity (Wildman–Crippen MR) is 74.7 cm³/mol. The lowest BCUT2D eigenvalue weighted by atomic mass is 10.2. The highest BCUT2D eigenvalue weighted by Gasteiger charge is 2.10. The van der Waals surface area contributed by atoms with Crippen molar-refractivity contribution in [2.24, 2.45) is 0 Å². The molecule has 19 heavy (non-hydrogen) atoms. The summed E-state index contributed by atoms with van der Waals surface area (Å²) in [4.78, 5) is 0. The van der Waals surface area contributed by atoms with E-state index in [-0.39, 0.29) is 0 Å². The Bertz CT molecular complexity index is 382. The van der Waals surface area contributed by atoms with Crippen LogP contribution >= 0.6 is 0 Å². The number of aliphatic hydroxyl groups excluding tert-OH is 1. The first-order valence-electron chi connectivity index (χ1n) is 7.10. The van der Waals surface area contributed by atoms with Crippen molar-refractivity contribution in [3.8, 4) is 11.5 Å². The quantitative estimate of drug-likeness (QED) is 0.741. The first-order valence-corrected chi connectivity index (χ1v) is 7.10. The smallest absolute Gasteiger partial charge is 0.161 e. The molecular formula is C15H23NO3. The van der Waals surface area contributed by atoms with Crippen LogP contribution in [0.5, 0.6) is 11.5 Å². The molecule has 1 aliphatic rings. The van der Waals surface area contributed by atoms with Crippen molar-refractivity contribution in [3.63, 3.8) is 0 Å². The molecule has 0 radical (unpaired) electrons. The summed E-state index contributed by atoms with van der Waals surface area (Å²) < 4.78 is 11.3. The average molecular weight is 265 g/mol. The third kappa shape index (κ3) is 4.73. The third-order valence-corrected chi connectivity index (χ3v) is 3.15. The Morgan fingerprint density at radius 3 is 2.74 bits per heavy atom. The molecule has 1 aliphatic heterocycles. The SMILES string of the molecule is OCCCCCNCc1ccc2c(c1)OCCCO2. The Morgan fingerprint density at radius 1 is 1.05 bits per heavy atom. The van der Waals surface area contributed by atoms with Gasteiger partial charge in [0.1, 0.15) is 0 Å². The Labute approximate surface area is 114 Å². The van der Waals surface area contributed by atoms with Gasteiger partial charge in [-0.2, -0.15) is 0 Å². The molecule has 4 nitrogen and oxygen atoms in total. The maximum atomic E-state index is 8.69. The van der Waals surface area contributed by atoms with Crippen LogP contribution in [-0.4, -0.2) is 31.5 Å². The number of hydrogen-bond donors (Lipinski definition) is 2. The van der Waals surface area contributed by atoms with Gasteiger partial charge in [-0.05, 0) is 43.5 Å². The highest BCUT2D eigenvalue weighted by atomic mass is 16.5. The topological polar surface area (TPSA) is 50.7 Å². The van der Waals surface area contributed by atoms with E-state index in [0.717, 1.165) is 63.5 Å². The van der Waals surface area contributed by atoms with Gasteiger partial charge in [0.25, 0.3) is 0 Å². The number of unbranched alkanes of at least 4 members (excludes halogenated alkanes) is 2. The summed E-state index contributed by atoms with van der Waals surface area (Å²) in [5.41, 5.74) is 1.21. The minimum Gasteiger partial charge on any atom is -0.490 e. The van der Waals surface area contributed by atoms with Gasteiger partial charge in [-0.25, -0.2) is 0 Å². The van der Waals surface area contributed by atoms with Gasteiger partial charge in [-0.1, -0.05) is 6.07 Å². The Hall–Kier alpha value is -1.26. The summed E-state index contributed by atoms with van der Waals surface area (Å²) in [5, 5.41) is 12.1. The zero-order chi connectivity index (χ0) is 13.3. The lowest BCUT2D eigenvalue weighted by Crippen LogP contribution is -2.14. The molecule has 0 saturated carbocycles. The summed E-state index contributed by atoms with van der Waals surface area (Å²) in [6.07, 6.45) is 4.01. The van der Waals surface area contributed by atoms with Crippen molar-refractivity contribution in [2.75, 3.05) is 26.4 Å². The van der Waals surface area contributed by atoms with E-state index in [0.29, 0.717) is 6.61 Å². The molecule has 0 atom stereocenters. The second-order valence-corrected chi connectivity index (χ2v) is 4.79. The number of nitrogens with one attached hydrogen (secondary N) is 1. The second kappa shape index (κ2) is 8.02. The van der Waals surface area contributed by atoms with Gasteiger partial charge in [0.05, 0.1) is 13.2 Å². The van der Waals surface area contributed by atoms with Gasteiger partial charge in [-0.3, -0.25) is 0 Å². The van der Waals surface area contributed by atoms with E-state index >= 15 is 0 Å². The monoisotopic (exact) mass is 265 g/mol. The first kappa shape index (κ1) is 14.2. The van der Waals surface area contributed by atoms with Crippen LogP contribution in [0, 0.1) is 0 Å². The van der Waals surface area contributed by atoms with E-state index in [1.165, 1.54) is 5.56 Å². The molecule has 2 N–H and O–H groups in total. The van der Waals surface area contributed by atoms with E-state index in [1.807, 2.05) is 6.07 Å². The zero-order valence-electron chi connectivity index (χ0n) is 11.4. The van der Waals surface area contributed by atoms with E-state index in [2.05, 4.69) is 17.4 Å². The van der Waals surface area contributed by atoms with Gasteiger partial charge in [-0.15, -0.1) is 0 Å². The van der Waals surface area contributed by atoms with Crippen molar-refractivity contribution in [3.05, 3.63) is 23.8 Å². The fourth-order valence-corrected chi connectivity index (χ4v) is 2.09. The number of rotatable bonds is 7. The zero-order valence-corrected chi connectivity index (χ0v) is 11.4. The largest absolute Gasteiger partial charge is 0.490 e. The molecule has 0 fully saturated rings. The van der Waals surface area contributed by atoms with Crippen molar-refractivity contribution in [1.29, 1.82) is 0 Å². The standard InChI is InChI=1S/C15H23NO3/c17-8-3-1-2-7-16-12-13-5-6-14-15(11-13)19-10-4-9-18-14/h5-6,11,16-17H,1-4,7-10,12H2. The minimum atomic E-state index is 0.294. The average Bonchev–Trinajstić information content (AvgIpc) is 2.67. The predicted octanol–water partition coefficient (Wildman–Crippen LogP) is 2.10. The normalized spacial score (nSPS) is 14.2. The fraction of sp³-hybridized carbons (Fsp3) is 0.600. The Morgan fingerprint density at radius 2 is 1.89 bits per heavy atom. The van der Waals surface area contributed by atoms with Crippen molar-refractivity contribution in [1.82, 2.24) is 5.32 Å². The molecule has 1 heterocycles. The van der Waals surface area contributed by atoms with Gasteiger partial charge in [0, 0.05) is 19.6 Å². The summed E-state index contributed by atoms with van der Waals surface area (Å²) in [5.74, 6) is 1.71. The number of fused-ring (bicyclic) bond motifs is 1. The van der Waals surface area contributed by atoms with Crippen molar-refractivity contribution < 1.29 is 14.6 Å². The molecule has 106 valence electrons. The van der Waals surface area contributed by atoms with Crippen LogP contribution in [0.2, 0.25) is 0 Å². The van der Waals surface area contributed by atoms with Crippen LogP contribution < -0.4 is 14.8 Å². The summed E-state index contributed by atoms with van der Waals surface area (Å²) in [6.45, 7) is 3.58. The highest BCUT2D eigenvalue weighted by Crippen LogP contribution is 2.30. The van der Waals surface area contributed by atoms with Gasteiger partial charge in [0.2, 0.25) is 0 Å². The van der Waals surface area contributed by atoms with Gasteiger partial charge in [0.15, 0.2) is 11.5 Å². The number of benzene rings is 1. The molecular weight excluding hydrogens is 242 g/mol. The molecule has 0 aliphatic carbocycles. The third-order valence-electron chi connectivity index (χ3n) is 3.15. The van der Waals surface area contributed by atoms with Crippen LogP contribution in [0.1, 0.15) is 31.2 Å². The molecule has 0 amide bonds. The van der Waals surface area contributed by atoms with E-state index in [1.54, 1.807) is 0 Å². The molecule has 2 rings (SSSR count). The lowest BCUT2D eigenvalue weighted by Gasteiger charge is -2.10. The molecule has 0 spiro atoms. The lowest BCUT2D eigenvalue weighted by molar-refractivity contribution is 0.283. The fourth-order valence-electron chi connectivity index (χ4n) is 2.09. The van der Waals surface area contributed by atoms with Gasteiger partial charge >= 0.3 is 0 Å².